The zero-order chi connectivity index (χ0) is 18.6. The standard InChI is InChI=1S/C20H23ClN2O3.ClH/c1-14-11-17(26-13-15-3-2-4-16(21)12-15)5-6-18(14)23-19(24)20(22)7-9-25-10-8-20;/h2-6,11-12H,7-10,13,22H2,1H3,(H,23,24);1H. The van der Waals surface area contributed by atoms with E-state index >= 15 is 0 Å². The molecule has 0 bridgehead atoms. The topological polar surface area (TPSA) is 73.6 Å². The molecule has 1 aliphatic heterocycles. The SMILES string of the molecule is Cc1cc(OCc2cccc(Cl)c2)ccc1NC(=O)C1(N)CCOCC1.Cl. The van der Waals surface area contributed by atoms with Gasteiger partial charge >= 0.3 is 0 Å². The number of amides is 1. The Labute approximate surface area is 170 Å². The number of nitrogens with two attached hydrogens (primary N) is 1. The van der Waals surface area contributed by atoms with Crippen LogP contribution in [0.2, 0.25) is 5.02 Å². The first-order valence-electron chi connectivity index (χ1n) is 8.62. The van der Waals surface area contributed by atoms with Crippen molar-refractivity contribution in [1.29, 1.82) is 0 Å². The van der Waals surface area contributed by atoms with Gasteiger partial charge in [0, 0.05) is 23.9 Å². The maximum absolute atomic E-state index is 12.5. The molecule has 1 aliphatic rings. The van der Waals surface area contributed by atoms with E-state index in [-0.39, 0.29) is 18.3 Å². The minimum atomic E-state index is -0.869. The Morgan fingerprint density at radius 2 is 2.00 bits per heavy atom. The molecule has 0 unspecified atom stereocenters. The number of anilines is 1. The summed E-state index contributed by atoms with van der Waals surface area (Å²) in [6.07, 6.45) is 1.05. The first kappa shape index (κ1) is 21.5. The van der Waals surface area contributed by atoms with Gasteiger partial charge in [-0.2, -0.15) is 0 Å². The summed E-state index contributed by atoms with van der Waals surface area (Å²) in [7, 11) is 0. The highest BCUT2D eigenvalue weighted by Crippen LogP contribution is 2.25. The molecule has 3 N–H and O–H groups in total. The molecule has 0 spiro atoms. The molecule has 2 aromatic rings. The molecule has 1 amide bonds. The number of carbonyl (C=O) groups excluding carboxylic acids is 1. The smallest absolute Gasteiger partial charge is 0.244 e. The molecule has 0 aliphatic carbocycles. The summed E-state index contributed by atoms with van der Waals surface area (Å²) < 4.78 is 11.1. The Morgan fingerprint density at radius 1 is 1.26 bits per heavy atom. The summed E-state index contributed by atoms with van der Waals surface area (Å²) in [5.74, 6) is 0.561. The zero-order valence-corrected chi connectivity index (χ0v) is 16.7. The first-order valence-corrected chi connectivity index (χ1v) is 9.00. The Kier molecular flexibility index (Phi) is 7.50. The predicted octanol–water partition coefficient (Wildman–Crippen LogP) is 4.10. The second kappa shape index (κ2) is 9.42. The number of benzene rings is 2. The Morgan fingerprint density at radius 3 is 2.67 bits per heavy atom. The van der Waals surface area contributed by atoms with Crippen molar-refractivity contribution in [3.8, 4) is 5.75 Å². The number of ether oxygens (including phenoxy) is 2. The number of carbonyl (C=O) groups is 1. The van der Waals surface area contributed by atoms with Gasteiger partial charge in [0.25, 0.3) is 0 Å². The molecule has 1 fully saturated rings. The van der Waals surface area contributed by atoms with Crippen LogP contribution in [0.1, 0.15) is 24.0 Å². The average molecular weight is 411 g/mol. The van der Waals surface area contributed by atoms with Crippen LogP contribution < -0.4 is 15.8 Å². The molecule has 0 atom stereocenters. The molecule has 146 valence electrons. The van der Waals surface area contributed by atoms with E-state index in [0.717, 1.165) is 22.6 Å². The Balaban J connectivity index is 0.00000261. The number of halogens is 2. The second-order valence-corrected chi connectivity index (χ2v) is 7.05. The van der Waals surface area contributed by atoms with Gasteiger partial charge in [-0.1, -0.05) is 23.7 Å². The first-order chi connectivity index (χ1) is 12.5. The summed E-state index contributed by atoms with van der Waals surface area (Å²) in [6.45, 7) is 3.38. The van der Waals surface area contributed by atoms with Gasteiger partial charge in [0.15, 0.2) is 0 Å². The van der Waals surface area contributed by atoms with Crippen LogP contribution in [-0.2, 0) is 16.1 Å². The molecule has 0 radical (unpaired) electrons. The summed E-state index contributed by atoms with van der Waals surface area (Å²) >= 11 is 5.98. The highest BCUT2D eigenvalue weighted by molar-refractivity contribution is 6.30. The fraction of sp³-hybridized carbons (Fsp3) is 0.350. The average Bonchev–Trinajstić information content (AvgIpc) is 2.62. The molecule has 0 saturated carbocycles. The molecule has 1 heterocycles. The molecular formula is C20H24Cl2N2O3. The molecular weight excluding hydrogens is 387 g/mol. The third-order valence-corrected chi connectivity index (χ3v) is 4.81. The van der Waals surface area contributed by atoms with E-state index in [1.54, 1.807) is 0 Å². The van der Waals surface area contributed by atoms with Gasteiger partial charge in [-0.05, 0) is 61.2 Å². The van der Waals surface area contributed by atoms with Crippen LogP contribution in [0.15, 0.2) is 42.5 Å². The number of rotatable bonds is 5. The van der Waals surface area contributed by atoms with Gasteiger partial charge in [-0.25, -0.2) is 0 Å². The van der Waals surface area contributed by atoms with Gasteiger partial charge in [0.05, 0.1) is 0 Å². The van der Waals surface area contributed by atoms with Crippen LogP contribution in [0.3, 0.4) is 0 Å². The highest BCUT2D eigenvalue weighted by Gasteiger charge is 2.36. The highest BCUT2D eigenvalue weighted by atomic mass is 35.5. The lowest BCUT2D eigenvalue weighted by atomic mass is 9.90. The molecule has 5 nitrogen and oxygen atoms in total. The van der Waals surface area contributed by atoms with E-state index in [2.05, 4.69) is 5.32 Å². The van der Waals surface area contributed by atoms with Gasteiger partial charge in [-0.3, -0.25) is 4.79 Å². The summed E-state index contributed by atoms with van der Waals surface area (Å²) in [6, 6.07) is 13.1. The fourth-order valence-electron chi connectivity index (χ4n) is 2.87. The van der Waals surface area contributed by atoms with Gasteiger partial charge in [0.2, 0.25) is 5.91 Å². The molecule has 2 aromatic carbocycles. The molecule has 3 rings (SSSR count). The largest absolute Gasteiger partial charge is 0.489 e. The molecule has 27 heavy (non-hydrogen) atoms. The molecule has 0 aromatic heterocycles. The van der Waals surface area contributed by atoms with Crippen LogP contribution in [0.5, 0.6) is 5.75 Å². The minimum absolute atomic E-state index is 0. The maximum Gasteiger partial charge on any atom is 0.244 e. The van der Waals surface area contributed by atoms with Crippen LogP contribution >= 0.6 is 24.0 Å². The van der Waals surface area contributed by atoms with Crippen molar-refractivity contribution in [3.05, 3.63) is 58.6 Å². The minimum Gasteiger partial charge on any atom is -0.489 e. The van der Waals surface area contributed by atoms with Crippen LogP contribution in [0.4, 0.5) is 5.69 Å². The van der Waals surface area contributed by atoms with Crippen LogP contribution in [-0.4, -0.2) is 24.7 Å². The van der Waals surface area contributed by atoms with Gasteiger partial charge in [0.1, 0.15) is 17.9 Å². The number of hydrogen-bond donors (Lipinski definition) is 2. The van der Waals surface area contributed by atoms with Crippen molar-refractivity contribution >= 4 is 35.6 Å². The molecule has 7 heteroatoms. The van der Waals surface area contributed by atoms with E-state index in [1.807, 2.05) is 49.4 Å². The normalized spacial score (nSPS) is 15.5. The Bertz CT molecular complexity index is 793. The van der Waals surface area contributed by atoms with Crippen molar-refractivity contribution in [2.75, 3.05) is 18.5 Å². The van der Waals surface area contributed by atoms with Crippen molar-refractivity contribution in [2.45, 2.75) is 31.9 Å². The summed E-state index contributed by atoms with van der Waals surface area (Å²) in [4.78, 5) is 12.5. The lowest BCUT2D eigenvalue weighted by molar-refractivity contribution is -0.124. The third-order valence-electron chi connectivity index (χ3n) is 4.58. The lowest BCUT2D eigenvalue weighted by Crippen LogP contribution is -2.54. The zero-order valence-electron chi connectivity index (χ0n) is 15.2. The predicted molar refractivity (Wildman–Crippen MR) is 110 cm³/mol. The lowest BCUT2D eigenvalue weighted by Gasteiger charge is -2.32. The Hall–Kier alpha value is -1.79. The third kappa shape index (κ3) is 5.59. The summed E-state index contributed by atoms with van der Waals surface area (Å²) in [5, 5.41) is 3.62. The van der Waals surface area contributed by atoms with Crippen molar-refractivity contribution in [1.82, 2.24) is 0 Å². The van der Waals surface area contributed by atoms with Crippen molar-refractivity contribution in [3.63, 3.8) is 0 Å². The van der Waals surface area contributed by atoms with E-state index in [4.69, 9.17) is 26.8 Å². The van der Waals surface area contributed by atoms with Gasteiger partial charge < -0.3 is 20.5 Å². The van der Waals surface area contributed by atoms with Crippen molar-refractivity contribution < 1.29 is 14.3 Å². The van der Waals surface area contributed by atoms with E-state index in [9.17, 15) is 4.79 Å². The fourth-order valence-corrected chi connectivity index (χ4v) is 3.08. The summed E-state index contributed by atoms with van der Waals surface area (Å²) in [5.41, 5.74) is 8.01. The van der Waals surface area contributed by atoms with E-state index in [0.29, 0.717) is 37.7 Å². The quantitative estimate of drug-likeness (QED) is 0.777. The van der Waals surface area contributed by atoms with Crippen LogP contribution in [0.25, 0.3) is 0 Å². The number of nitrogens with one attached hydrogen (secondary N) is 1. The maximum atomic E-state index is 12.5. The van der Waals surface area contributed by atoms with Gasteiger partial charge in [-0.15, -0.1) is 12.4 Å². The van der Waals surface area contributed by atoms with E-state index < -0.39 is 5.54 Å². The van der Waals surface area contributed by atoms with Crippen LogP contribution in [0, 0.1) is 6.92 Å². The monoisotopic (exact) mass is 410 g/mol. The number of hydrogen-bond acceptors (Lipinski definition) is 4. The van der Waals surface area contributed by atoms with Crippen molar-refractivity contribution in [2.24, 2.45) is 5.73 Å². The second-order valence-electron chi connectivity index (χ2n) is 6.62. The number of aryl methyl sites for hydroxylation is 1. The molecule has 1 saturated heterocycles. The van der Waals surface area contributed by atoms with E-state index in [1.165, 1.54) is 0 Å².